The number of pyridine rings is 2. The third-order valence-electron chi connectivity index (χ3n) is 3.51. The summed E-state index contributed by atoms with van der Waals surface area (Å²) in [6, 6.07) is 12.6. The van der Waals surface area contributed by atoms with Crippen molar-refractivity contribution < 1.29 is 0 Å². The zero-order valence-electron chi connectivity index (χ0n) is 12.7. The highest BCUT2D eigenvalue weighted by atomic mass is 14.9. The number of benzene rings is 1. The lowest BCUT2D eigenvalue weighted by atomic mass is 10.0. The number of rotatable bonds is 4. The van der Waals surface area contributed by atoms with Crippen LogP contribution in [0.3, 0.4) is 0 Å². The molecule has 4 N–H and O–H groups in total. The second kappa shape index (κ2) is 6.58. The number of aromatic nitrogens is 2. The van der Waals surface area contributed by atoms with Crippen molar-refractivity contribution in [2.45, 2.75) is 0 Å². The summed E-state index contributed by atoms with van der Waals surface area (Å²) in [6.07, 6.45) is 6.42. The molecule has 1 aromatic carbocycles. The van der Waals surface area contributed by atoms with E-state index >= 15 is 0 Å². The van der Waals surface area contributed by atoms with Crippen LogP contribution in [0.5, 0.6) is 0 Å². The van der Waals surface area contributed by atoms with E-state index in [1.54, 1.807) is 61.2 Å². The van der Waals surface area contributed by atoms with Crippen LogP contribution in [0, 0.1) is 16.7 Å². The largest absolute Gasteiger partial charge is 0.398 e. The van der Waals surface area contributed by atoms with Gasteiger partial charge in [-0.2, -0.15) is 5.26 Å². The molecule has 3 aromatic rings. The Kier molecular flexibility index (Phi) is 4.17. The normalized spacial score (nSPS) is 9.96. The Labute approximate surface area is 139 Å². The lowest BCUT2D eigenvalue weighted by molar-refractivity contribution is 1.30. The molecule has 0 aliphatic rings. The van der Waals surface area contributed by atoms with Crippen molar-refractivity contribution in [1.82, 2.24) is 9.97 Å². The van der Waals surface area contributed by atoms with Crippen LogP contribution in [-0.2, 0) is 0 Å². The maximum atomic E-state index is 9.15. The standard InChI is InChI=1S/C18H14N6/c19-10-13-5-8-23-11-17(13)24-14-1-2-16(20)15(9-14)18(21)12-3-6-22-7-4-12/h1-9,11,21,24H,20H2. The minimum absolute atomic E-state index is 0.310. The molecule has 0 unspecified atom stereocenters. The fraction of sp³-hybridized carbons (Fsp3) is 0. The molecule has 0 aliphatic heterocycles. The molecule has 24 heavy (non-hydrogen) atoms. The Hall–Kier alpha value is -3.72. The van der Waals surface area contributed by atoms with Crippen LogP contribution in [-0.4, -0.2) is 15.7 Å². The third-order valence-corrected chi connectivity index (χ3v) is 3.51. The van der Waals surface area contributed by atoms with Gasteiger partial charge in [-0.1, -0.05) is 0 Å². The summed E-state index contributed by atoms with van der Waals surface area (Å²) in [5, 5.41) is 20.7. The van der Waals surface area contributed by atoms with Crippen molar-refractivity contribution in [3.8, 4) is 6.07 Å². The van der Waals surface area contributed by atoms with Crippen molar-refractivity contribution >= 4 is 22.8 Å². The van der Waals surface area contributed by atoms with E-state index in [0.29, 0.717) is 28.2 Å². The summed E-state index contributed by atoms with van der Waals surface area (Å²) < 4.78 is 0. The highest BCUT2D eigenvalue weighted by Gasteiger charge is 2.10. The van der Waals surface area contributed by atoms with Gasteiger partial charge < -0.3 is 11.1 Å². The topological polar surface area (TPSA) is 111 Å². The van der Waals surface area contributed by atoms with E-state index in [4.69, 9.17) is 16.4 Å². The fourth-order valence-corrected chi connectivity index (χ4v) is 2.27. The van der Waals surface area contributed by atoms with E-state index in [-0.39, 0.29) is 0 Å². The van der Waals surface area contributed by atoms with Gasteiger partial charge in [0.2, 0.25) is 0 Å². The van der Waals surface area contributed by atoms with Crippen LogP contribution >= 0.6 is 0 Å². The van der Waals surface area contributed by atoms with E-state index in [9.17, 15) is 0 Å². The first kappa shape index (κ1) is 15.2. The summed E-state index contributed by atoms with van der Waals surface area (Å²) in [5.41, 5.74) is 10.0. The van der Waals surface area contributed by atoms with Gasteiger partial charge >= 0.3 is 0 Å². The summed E-state index contributed by atoms with van der Waals surface area (Å²) in [4.78, 5) is 7.98. The van der Waals surface area contributed by atoms with Crippen LogP contribution in [0.2, 0.25) is 0 Å². The second-order valence-corrected chi connectivity index (χ2v) is 5.07. The van der Waals surface area contributed by atoms with Gasteiger partial charge in [-0.15, -0.1) is 0 Å². The number of nitriles is 1. The van der Waals surface area contributed by atoms with E-state index in [1.807, 2.05) is 0 Å². The molecule has 0 fully saturated rings. The van der Waals surface area contributed by atoms with Crippen molar-refractivity contribution in [3.63, 3.8) is 0 Å². The molecule has 0 aliphatic carbocycles. The average molecular weight is 314 g/mol. The number of nitrogens with two attached hydrogens (primary N) is 1. The third kappa shape index (κ3) is 3.05. The number of nitrogen functional groups attached to an aromatic ring is 1. The highest BCUT2D eigenvalue weighted by Crippen LogP contribution is 2.24. The molecule has 0 saturated carbocycles. The average Bonchev–Trinajstić information content (AvgIpc) is 2.64. The molecule has 2 heterocycles. The Morgan fingerprint density at radius 1 is 1.08 bits per heavy atom. The SMILES string of the molecule is N#Cc1ccncc1Nc1ccc(N)c(C(=N)c2ccncc2)c1. The maximum Gasteiger partial charge on any atom is 0.101 e. The van der Waals surface area contributed by atoms with E-state index in [1.165, 1.54) is 0 Å². The van der Waals surface area contributed by atoms with Gasteiger partial charge in [0, 0.05) is 41.1 Å². The van der Waals surface area contributed by atoms with Crippen LogP contribution in [0.4, 0.5) is 17.1 Å². The lowest BCUT2D eigenvalue weighted by Crippen LogP contribution is -2.06. The molecule has 6 nitrogen and oxygen atoms in total. The summed E-state index contributed by atoms with van der Waals surface area (Å²) >= 11 is 0. The maximum absolute atomic E-state index is 9.15. The predicted octanol–water partition coefficient (Wildman–Crippen LogP) is 3.09. The van der Waals surface area contributed by atoms with Crippen LogP contribution in [0.1, 0.15) is 16.7 Å². The first-order valence-electron chi connectivity index (χ1n) is 7.19. The van der Waals surface area contributed by atoms with Crippen LogP contribution in [0.25, 0.3) is 0 Å². The summed E-state index contributed by atoms with van der Waals surface area (Å²) in [7, 11) is 0. The first-order valence-corrected chi connectivity index (χ1v) is 7.19. The molecule has 0 saturated heterocycles. The molecular formula is C18H14N6. The van der Waals surface area contributed by atoms with Crippen molar-refractivity contribution in [2.24, 2.45) is 0 Å². The number of nitrogens with zero attached hydrogens (tertiary/aromatic N) is 3. The number of hydrogen-bond donors (Lipinski definition) is 3. The Balaban J connectivity index is 1.95. The molecule has 0 atom stereocenters. The zero-order chi connectivity index (χ0) is 16.9. The number of anilines is 3. The Morgan fingerprint density at radius 3 is 2.58 bits per heavy atom. The Morgan fingerprint density at radius 2 is 1.83 bits per heavy atom. The quantitative estimate of drug-likeness (QED) is 0.506. The molecule has 0 amide bonds. The number of hydrogen-bond acceptors (Lipinski definition) is 6. The Bertz CT molecular complexity index is 928. The smallest absolute Gasteiger partial charge is 0.101 e. The molecule has 116 valence electrons. The van der Waals surface area contributed by atoms with E-state index < -0.39 is 0 Å². The lowest BCUT2D eigenvalue weighted by Gasteiger charge is -2.12. The predicted molar refractivity (Wildman–Crippen MR) is 93.3 cm³/mol. The second-order valence-electron chi connectivity index (χ2n) is 5.07. The molecular weight excluding hydrogens is 300 g/mol. The molecule has 6 heteroatoms. The zero-order valence-corrected chi connectivity index (χ0v) is 12.7. The minimum Gasteiger partial charge on any atom is -0.398 e. The van der Waals surface area contributed by atoms with Gasteiger partial charge in [0.05, 0.1) is 23.2 Å². The molecule has 3 rings (SSSR count). The summed E-state index contributed by atoms with van der Waals surface area (Å²) in [5.74, 6) is 0. The highest BCUT2D eigenvalue weighted by molar-refractivity contribution is 6.14. The molecule has 0 bridgehead atoms. The van der Waals surface area contributed by atoms with Crippen LogP contribution < -0.4 is 11.1 Å². The first-order chi connectivity index (χ1) is 11.7. The van der Waals surface area contributed by atoms with E-state index in [0.717, 1.165) is 11.3 Å². The monoisotopic (exact) mass is 314 g/mol. The van der Waals surface area contributed by atoms with Crippen LogP contribution in [0.15, 0.2) is 61.2 Å². The van der Waals surface area contributed by atoms with Crippen molar-refractivity contribution in [1.29, 1.82) is 10.7 Å². The van der Waals surface area contributed by atoms with Crippen molar-refractivity contribution in [3.05, 3.63) is 77.9 Å². The van der Waals surface area contributed by atoms with Gasteiger partial charge in [-0.25, -0.2) is 0 Å². The van der Waals surface area contributed by atoms with Gasteiger partial charge in [-0.05, 0) is 36.4 Å². The minimum atomic E-state index is 0.310. The fourth-order valence-electron chi connectivity index (χ4n) is 2.27. The molecule has 0 radical (unpaired) electrons. The molecule has 2 aromatic heterocycles. The van der Waals surface area contributed by atoms with E-state index in [2.05, 4.69) is 21.4 Å². The van der Waals surface area contributed by atoms with Crippen molar-refractivity contribution in [2.75, 3.05) is 11.1 Å². The van der Waals surface area contributed by atoms with Gasteiger partial charge in [0.15, 0.2) is 0 Å². The van der Waals surface area contributed by atoms with Gasteiger partial charge in [0.25, 0.3) is 0 Å². The molecule has 0 spiro atoms. The number of nitrogens with one attached hydrogen (secondary N) is 2. The summed E-state index contributed by atoms with van der Waals surface area (Å²) in [6.45, 7) is 0. The van der Waals surface area contributed by atoms with Gasteiger partial charge in [0.1, 0.15) is 6.07 Å². The van der Waals surface area contributed by atoms with Gasteiger partial charge in [-0.3, -0.25) is 15.4 Å².